The van der Waals surface area contributed by atoms with Gasteiger partial charge in [-0.3, -0.25) is 0 Å². The summed E-state index contributed by atoms with van der Waals surface area (Å²) in [5, 5.41) is 0. The van der Waals surface area contributed by atoms with E-state index in [2.05, 4.69) is 28.1 Å². The van der Waals surface area contributed by atoms with Gasteiger partial charge in [-0.1, -0.05) is 122 Å². The molecule has 0 aromatic rings. The monoisotopic (exact) mass is 405 g/mol. The number of halogens is 1. The topological polar surface area (TPSA) is 0 Å². The highest BCUT2D eigenvalue weighted by Crippen LogP contribution is 2.14. The van der Waals surface area contributed by atoms with Crippen molar-refractivity contribution in [3.05, 3.63) is 0 Å². The maximum Gasteiger partial charge on any atom is 0.0903 e. The van der Waals surface area contributed by atoms with Crippen LogP contribution < -0.4 is 0 Å². The van der Waals surface area contributed by atoms with E-state index < -0.39 is 0 Å². The molecule has 0 aliphatic heterocycles. The van der Waals surface area contributed by atoms with E-state index in [0.29, 0.717) is 0 Å². The van der Waals surface area contributed by atoms with Crippen LogP contribution in [0.25, 0.3) is 0 Å². The zero-order valence-electron chi connectivity index (χ0n) is 19.7. The lowest BCUT2D eigenvalue weighted by Crippen LogP contribution is -2.35. The van der Waals surface area contributed by atoms with Gasteiger partial charge in [0.2, 0.25) is 0 Å². The van der Waals surface area contributed by atoms with Crippen LogP contribution in [0.2, 0.25) is 0 Å². The average Bonchev–Trinajstić information content (AvgIpc) is 2.59. The van der Waals surface area contributed by atoms with Crippen LogP contribution >= 0.6 is 0 Å². The summed E-state index contributed by atoms with van der Waals surface area (Å²) in [6.07, 6.45) is 29.3. The minimum absolute atomic E-state index is 0. The molecule has 0 rings (SSSR count). The molecule has 0 aromatic heterocycles. The predicted molar refractivity (Wildman–Crippen MR) is 124 cm³/mol. The minimum Gasteiger partial charge on any atom is -0.331 e. The lowest BCUT2D eigenvalue weighted by molar-refractivity contribution is -0.870. The van der Waals surface area contributed by atoms with Crippen molar-refractivity contribution in [3.8, 4) is 0 Å². The van der Waals surface area contributed by atoms with Gasteiger partial charge in [0.25, 0.3) is 0 Å². The van der Waals surface area contributed by atoms with Gasteiger partial charge in [0, 0.05) is 0 Å². The Labute approximate surface area is 180 Å². The molecule has 0 unspecified atom stereocenters. The van der Waals surface area contributed by atoms with Crippen molar-refractivity contribution in [2.24, 2.45) is 0 Å². The number of nitrogens with zero attached hydrogens (tertiary/aromatic N) is 1. The van der Waals surface area contributed by atoms with Gasteiger partial charge in [0.1, 0.15) is 0 Å². The standard InChI is InChI=1S/C25H54N.ClH2/c1-5-6-7-8-9-10-11-12-13-14-15-16-17-18-19-20-21-22-23-24-25-26(2,3)4;/h5-25H2,1-4H3;1H2/q2*+1. The van der Waals surface area contributed by atoms with Crippen LogP contribution in [0.1, 0.15) is 135 Å². The maximum absolute atomic E-state index is 2.30. The Kier molecular flexibility index (Phi) is 24.6. The second-order valence-electron chi connectivity index (χ2n) is 9.73. The highest BCUT2D eigenvalue weighted by atomic mass is 35.5. The lowest BCUT2D eigenvalue weighted by atomic mass is 10.0. The van der Waals surface area contributed by atoms with Crippen LogP contribution in [-0.4, -0.2) is 32.2 Å². The Morgan fingerprint density at radius 1 is 0.370 bits per heavy atom. The van der Waals surface area contributed by atoms with Gasteiger partial charge in [0.15, 0.2) is 0 Å². The van der Waals surface area contributed by atoms with Crippen LogP contribution in [0, 0.1) is 12.4 Å². The Balaban J connectivity index is 0. The van der Waals surface area contributed by atoms with Gasteiger partial charge < -0.3 is 4.48 Å². The molecule has 0 radical (unpaired) electrons. The van der Waals surface area contributed by atoms with E-state index in [4.69, 9.17) is 0 Å². The zero-order chi connectivity index (χ0) is 19.3. The summed E-state index contributed by atoms with van der Waals surface area (Å²) < 4.78 is 1.12. The third kappa shape index (κ3) is 28.6. The van der Waals surface area contributed by atoms with Crippen molar-refractivity contribution in [1.82, 2.24) is 0 Å². The van der Waals surface area contributed by atoms with Crippen molar-refractivity contribution in [1.29, 1.82) is 0 Å². The smallest absolute Gasteiger partial charge is 0.0903 e. The summed E-state index contributed by atoms with van der Waals surface area (Å²) in [6, 6.07) is 0. The third-order valence-corrected chi connectivity index (χ3v) is 5.68. The van der Waals surface area contributed by atoms with Gasteiger partial charge >= 0.3 is 0 Å². The van der Waals surface area contributed by atoms with Crippen molar-refractivity contribution >= 4 is 0 Å². The SMILES string of the molecule is CCCCCCCCCCCCCCCCCCCCCC[N+](C)(C)C.[ClH2+]. The van der Waals surface area contributed by atoms with Crippen LogP contribution in [0.4, 0.5) is 0 Å². The molecule has 0 spiro atoms. The molecule has 0 atom stereocenters. The molecule has 27 heavy (non-hydrogen) atoms. The van der Waals surface area contributed by atoms with Crippen molar-refractivity contribution in [2.45, 2.75) is 135 Å². The fourth-order valence-corrected chi connectivity index (χ4v) is 3.84. The Hall–Kier alpha value is 0.250. The van der Waals surface area contributed by atoms with E-state index in [-0.39, 0.29) is 12.4 Å². The van der Waals surface area contributed by atoms with E-state index in [1.807, 2.05) is 0 Å². The quantitative estimate of drug-likeness (QED) is 0.134. The van der Waals surface area contributed by atoms with Crippen LogP contribution in [0.5, 0.6) is 0 Å². The first-order valence-corrected chi connectivity index (χ1v) is 12.4. The highest BCUT2D eigenvalue weighted by molar-refractivity contribution is 4.50. The zero-order valence-corrected chi connectivity index (χ0v) is 20.6. The normalized spacial score (nSPS) is 11.6. The molecule has 0 saturated carbocycles. The average molecular weight is 406 g/mol. The highest BCUT2D eigenvalue weighted by Gasteiger charge is 2.04. The number of hydrogen-bond acceptors (Lipinski definition) is 0. The third-order valence-electron chi connectivity index (χ3n) is 5.68. The van der Waals surface area contributed by atoms with Gasteiger partial charge in [-0.2, -0.15) is 0 Å². The molecule has 0 aromatic carbocycles. The van der Waals surface area contributed by atoms with Crippen LogP contribution in [0.3, 0.4) is 0 Å². The summed E-state index contributed by atoms with van der Waals surface area (Å²) in [6.45, 7) is 3.63. The number of unbranched alkanes of at least 4 members (excludes halogenated alkanes) is 19. The fourth-order valence-electron chi connectivity index (χ4n) is 3.84. The van der Waals surface area contributed by atoms with E-state index in [0.717, 1.165) is 4.48 Å². The molecule has 0 N–H and O–H groups in total. The van der Waals surface area contributed by atoms with Crippen LogP contribution in [0.15, 0.2) is 0 Å². The summed E-state index contributed by atoms with van der Waals surface area (Å²) in [7, 11) is 6.90. The first-order valence-electron chi connectivity index (χ1n) is 12.4. The second-order valence-corrected chi connectivity index (χ2v) is 9.73. The first kappa shape index (κ1) is 29.5. The number of rotatable bonds is 21. The predicted octanol–water partition coefficient (Wildman–Crippen LogP) is 7.98. The van der Waals surface area contributed by atoms with Crippen molar-refractivity contribution < 1.29 is 16.9 Å². The molecular weight excluding hydrogens is 350 g/mol. The van der Waals surface area contributed by atoms with E-state index in [1.54, 1.807) is 0 Å². The van der Waals surface area contributed by atoms with Gasteiger partial charge in [-0.25, -0.2) is 0 Å². The molecule has 166 valence electrons. The van der Waals surface area contributed by atoms with Gasteiger partial charge in [-0.15, -0.1) is 0 Å². The lowest BCUT2D eigenvalue weighted by Gasteiger charge is -2.23. The minimum atomic E-state index is 0. The molecular formula is C25H56ClN+2. The molecule has 2 heteroatoms. The summed E-state index contributed by atoms with van der Waals surface area (Å²) in [5.74, 6) is 0. The molecule has 0 aliphatic rings. The fraction of sp³-hybridized carbons (Fsp3) is 1.00. The molecule has 0 saturated heterocycles. The molecule has 0 heterocycles. The van der Waals surface area contributed by atoms with E-state index in [9.17, 15) is 0 Å². The molecule has 0 aliphatic carbocycles. The second kappa shape index (κ2) is 22.5. The summed E-state index contributed by atoms with van der Waals surface area (Å²) in [5.41, 5.74) is 0. The molecule has 0 bridgehead atoms. The van der Waals surface area contributed by atoms with Crippen molar-refractivity contribution in [3.63, 3.8) is 0 Å². The Morgan fingerprint density at radius 3 is 0.815 bits per heavy atom. The van der Waals surface area contributed by atoms with Gasteiger partial charge in [-0.05, 0) is 12.8 Å². The Bertz CT molecular complexity index is 260. The summed E-state index contributed by atoms with van der Waals surface area (Å²) in [4.78, 5) is 0. The number of hydrogen-bond donors (Lipinski definition) is 0. The molecule has 0 amide bonds. The number of quaternary nitrogens is 1. The maximum atomic E-state index is 2.30. The molecule has 0 fully saturated rings. The largest absolute Gasteiger partial charge is 0.331 e. The Morgan fingerprint density at radius 2 is 0.593 bits per heavy atom. The van der Waals surface area contributed by atoms with Gasteiger partial charge in [0.05, 0.1) is 40.1 Å². The summed E-state index contributed by atoms with van der Waals surface area (Å²) >= 11 is 0. The molecule has 1 nitrogen and oxygen atoms in total. The van der Waals surface area contributed by atoms with Crippen LogP contribution in [-0.2, 0) is 0 Å². The van der Waals surface area contributed by atoms with E-state index in [1.165, 1.54) is 135 Å². The first-order chi connectivity index (χ1) is 12.6. The van der Waals surface area contributed by atoms with Crippen molar-refractivity contribution in [2.75, 3.05) is 27.7 Å². The van der Waals surface area contributed by atoms with E-state index >= 15 is 0 Å².